The number of aryl methyl sites for hydroxylation is 1. The summed E-state index contributed by atoms with van der Waals surface area (Å²) in [5.74, 6) is 0.0441. The Labute approximate surface area is 153 Å². The van der Waals surface area contributed by atoms with Crippen molar-refractivity contribution in [3.05, 3.63) is 40.4 Å². The lowest BCUT2D eigenvalue weighted by molar-refractivity contribution is -0.136. The average molecular weight is 362 g/mol. The fraction of sp³-hybridized carbons (Fsp3) is 0.474. The number of hydrogen-bond donors (Lipinski definition) is 2. The standard InChI is InChI=1S/C19H26N2O3S/c1-5-13-6-7-16(15(10-13)19(2,3)4)24-9-8-20-18-21-14(12-25-18)11-17(22)23/h6-7,10,12H,5,8-9,11H2,1-4H3,(H,20,21)(H,22,23). The maximum atomic E-state index is 10.7. The summed E-state index contributed by atoms with van der Waals surface area (Å²) in [4.78, 5) is 14.9. The lowest BCUT2D eigenvalue weighted by atomic mass is 9.85. The van der Waals surface area contributed by atoms with Crippen molar-refractivity contribution in [1.29, 1.82) is 0 Å². The number of aliphatic carboxylic acids is 1. The van der Waals surface area contributed by atoms with E-state index in [9.17, 15) is 4.79 Å². The first-order valence-electron chi connectivity index (χ1n) is 8.46. The molecule has 2 rings (SSSR count). The van der Waals surface area contributed by atoms with Gasteiger partial charge in [0, 0.05) is 5.38 Å². The number of nitrogens with zero attached hydrogens (tertiary/aromatic N) is 1. The zero-order valence-corrected chi connectivity index (χ0v) is 16.1. The van der Waals surface area contributed by atoms with Crippen LogP contribution < -0.4 is 10.1 Å². The second kappa shape index (κ2) is 8.34. The van der Waals surface area contributed by atoms with Gasteiger partial charge in [0.25, 0.3) is 0 Å². The van der Waals surface area contributed by atoms with Crippen LogP contribution in [0.4, 0.5) is 5.13 Å². The highest BCUT2D eigenvalue weighted by Gasteiger charge is 2.19. The van der Waals surface area contributed by atoms with E-state index in [1.54, 1.807) is 5.38 Å². The second-order valence-corrected chi connectivity index (χ2v) is 7.78. The lowest BCUT2D eigenvalue weighted by Crippen LogP contribution is -2.17. The van der Waals surface area contributed by atoms with Gasteiger partial charge in [-0.15, -0.1) is 11.3 Å². The molecule has 0 bridgehead atoms. The number of benzene rings is 1. The molecule has 1 heterocycles. The monoisotopic (exact) mass is 362 g/mol. The highest BCUT2D eigenvalue weighted by Crippen LogP contribution is 2.32. The Morgan fingerprint density at radius 1 is 1.36 bits per heavy atom. The maximum absolute atomic E-state index is 10.7. The van der Waals surface area contributed by atoms with Crippen LogP contribution in [-0.4, -0.2) is 29.2 Å². The number of nitrogens with one attached hydrogen (secondary N) is 1. The van der Waals surface area contributed by atoms with E-state index in [4.69, 9.17) is 9.84 Å². The van der Waals surface area contributed by atoms with Crippen LogP contribution in [0, 0.1) is 0 Å². The van der Waals surface area contributed by atoms with Crippen molar-refractivity contribution in [1.82, 2.24) is 4.98 Å². The molecule has 2 aromatic rings. The molecule has 0 unspecified atom stereocenters. The molecule has 0 atom stereocenters. The van der Waals surface area contributed by atoms with Crippen molar-refractivity contribution in [2.24, 2.45) is 0 Å². The van der Waals surface area contributed by atoms with Crippen molar-refractivity contribution in [3.8, 4) is 5.75 Å². The van der Waals surface area contributed by atoms with Crippen LogP contribution in [0.2, 0.25) is 0 Å². The summed E-state index contributed by atoms with van der Waals surface area (Å²) in [5, 5.41) is 14.4. The molecule has 136 valence electrons. The topological polar surface area (TPSA) is 71.5 Å². The average Bonchev–Trinajstić information content (AvgIpc) is 2.97. The van der Waals surface area contributed by atoms with Crippen molar-refractivity contribution in [2.75, 3.05) is 18.5 Å². The molecule has 5 nitrogen and oxygen atoms in total. The number of carbonyl (C=O) groups is 1. The van der Waals surface area contributed by atoms with Crippen molar-refractivity contribution >= 4 is 22.4 Å². The van der Waals surface area contributed by atoms with Gasteiger partial charge >= 0.3 is 5.97 Å². The minimum atomic E-state index is -0.870. The van der Waals surface area contributed by atoms with E-state index in [2.05, 4.69) is 50.1 Å². The van der Waals surface area contributed by atoms with Crippen LogP contribution >= 0.6 is 11.3 Å². The summed E-state index contributed by atoms with van der Waals surface area (Å²) < 4.78 is 5.98. The largest absolute Gasteiger partial charge is 0.491 e. The normalized spacial score (nSPS) is 11.4. The minimum absolute atomic E-state index is 0.0228. The highest BCUT2D eigenvalue weighted by molar-refractivity contribution is 7.13. The lowest BCUT2D eigenvalue weighted by Gasteiger charge is -2.23. The van der Waals surface area contributed by atoms with Gasteiger partial charge in [-0.3, -0.25) is 4.79 Å². The predicted octanol–water partition coefficient (Wildman–Crippen LogP) is 4.12. The number of hydrogen-bond acceptors (Lipinski definition) is 5. The van der Waals surface area contributed by atoms with Crippen molar-refractivity contribution in [2.45, 2.75) is 46.0 Å². The Morgan fingerprint density at radius 2 is 2.12 bits per heavy atom. The minimum Gasteiger partial charge on any atom is -0.491 e. The second-order valence-electron chi connectivity index (χ2n) is 6.92. The summed E-state index contributed by atoms with van der Waals surface area (Å²) in [6.45, 7) is 9.84. The number of ether oxygens (including phenoxy) is 1. The SMILES string of the molecule is CCc1ccc(OCCNc2nc(CC(=O)O)cs2)c(C(C)(C)C)c1. The molecule has 1 aromatic heterocycles. The van der Waals surface area contributed by atoms with E-state index in [1.807, 2.05) is 6.07 Å². The first-order chi connectivity index (χ1) is 11.8. The van der Waals surface area contributed by atoms with Crippen LogP contribution in [0.3, 0.4) is 0 Å². The van der Waals surface area contributed by atoms with Gasteiger partial charge in [0.05, 0.1) is 18.7 Å². The van der Waals surface area contributed by atoms with Crippen LogP contribution in [0.5, 0.6) is 5.75 Å². The van der Waals surface area contributed by atoms with Gasteiger partial charge < -0.3 is 15.2 Å². The first-order valence-corrected chi connectivity index (χ1v) is 9.34. The van der Waals surface area contributed by atoms with E-state index in [-0.39, 0.29) is 11.8 Å². The molecular weight excluding hydrogens is 336 g/mol. The van der Waals surface area contributed by atoms with Crippen LogP contribution in [0.1, 0.15) is 44.5 Å². The molecule has 25 heavy (non-hydrogen) atoms. The number of aromatic nitrogens is 1. The summed E-state index contributed by atoms with van der Waals surface area (Å²) >= 11 is 1.41. The quantitative estimate of drug-likeness (QED) is 0.691. The first kappa shape index (κ1) is 19.2. The van der Waals surface area contributed by atoms with E-state index in [0.29, 0.717) is 18.8 Å². The number of thiazole rings is 1. The molecule has 1 aromatic carbocycles. The molecule has 0 aliphatic carbocycles. The molecule has 0 aliphatic rings. The maximum Gasteiger partial charge on any atom is 0.309 e. The fourth-order valence-corrected chi connectivity index (χ4v) is 3.19. The van der Waals surface area contributed by atoms with E-state index >= 15 is 0 Å². The van der Waals surface area contributed by atoms with Gasteiger partial charge in [-0.25, -0.2) is 4.98 Å². The van der Waals surface area contributed by atoms with Gasteiger partial charge in [-0.2, -0.15) is 0 Å². The van der Waals surface area contributed by atoms with Gasteiger partial charge in [0.2, 0.25) is 0 Å². The molecule has 2 N–H and O–H groups in total. The summed E-state index contributed by atoms with van der Waals surface area (Å²) in [6.07, 6.45) is 0.959. The fourth-order valence-electron chi connectivity index (χ4n) is 2.45. The molecular formula is C19H26N2O3S. The van der Waals surface area contributed by atoms with Gasteiger partial charge in [0.15, 0.2) is 5.13 Å². The Bertz CT molecular complexity index is 720. The highest BCUT2D eigenvalue weighted by atomic mass is 32.1. The van der Waals surface area contributed by atoms with Crippen LogP contribution in [0.25, 0.3) is 0 Å². The number of anilines is 1. The van der Waals surface area contributed by atoms with Gasteiger partial charge in [-0.1, -0.05) is 39.8 Å². The Balaban J connectivity index is 1.91. The predicted molar refractivity (Wildman–Crippen MR) is 102 cm³/mol. The molecule has 0 aliphatic heterocycles. The Hall–Kier alpha value is -2.08. The van der Waals surface area contributed by atoms with Crippen molar-refractivity contribution in [3.63, 3.8) is 0 Å². The Kier molecular flexibility index (Phi) is 6.42. The Morgan fingerprint density at radius 3 is 2.76 bits per heavy atom. The van der Waals surface area contributed by atoms with E-state index < -0.39 is 5.97 Å². The van der Waals surface area contributed by atoms with E-state index in [0.717, 1.165) is 17.3 Å². The third kappa shape index (κ3) is 5.74. The zero-order chi connectivity index (χ0) is 18.4. The summed E-state index contributed by atoms with van der Waals surface area (Å²) in [5.41, 5.74) is 3.12. The molecule has 0 radical (unpaired) electrons. The molecule has 0 fully saturated rings. The third-order valence-electron chi connectivity index (χ3n) is 3.78. The molecule has 6 heteroatoms. The molecule has 0 saturated carbocycles. The van der Waals surface area contributed by atoms with Gasteiger partial charge in [-0.05, 0) is 29.0 Å². The molecule has 0 saturated heterocycles. The van der Waals surface area contributed by atoms with Crippen LogP contribution in [-0.2, 0) is 23.1 Å². The number of carboxylic acid groups (broad SMARTS) is 1. The smallest absolute Gasteiger partial charge is 0.309 e. The third-order valence-corrected chi connectivity index (χ3v) is 4.63. The zero-order valence-electron chi connectivity index (χ0n) is 15.3. The molecule has 0 amide bonds. The number of rotatable bonds is 8. The van der Waals surface area contributed by atoms with Gasteiger partial charge in [0.1, 0.15) is 12.4 Å². The van der Waals surface area contributed by atoms with Crippen molar-refractivity contribution < 1.29 is 14.6 Å². The van der Waals surface area contributed by atoms with E-state index in [1.165, 1.54) is 22.5 Å². The number of carboxylic acids is 1. The summed E-state index contributed by atoms with van der Waals surface area (Å²) in [6, 6.07) is 6.38. The van der Waals surface area contributed by atoms with Crippen LogP contribution in [0.15, 0.2) is 23.6 Å². The summed E-state index contributed by atoms with van der Waals surface area (Å²) in [7, 11) is 0. The molecule has 0 spiro atoms.